The number of morpholine rings is 1. The lowest BCUT2D eigenvalue weighted by Crippen LogP contribution is -2.36. The second-order valence-electron chi connectivity index (χ2n) is 6.24. The Kier molecular flexibility index (Phi) is 6.17. The quantitative estimate of drug-likeness (QED) is 0.571. The minimum Gasteiger partial charge on any atom is -0.379 e. The van der Waals surface area contributed by atoms with Crippen LogP contribution in [0.25, 0.3) is 0 Å². The van der Waals surface area contributed by atoms with Gasteiger partial charge < -0.3 is 4.74 Å². The maximum absolute atomic E-state index is 12.5. The van der Waals surface area contributed by atoms with Crippen LogP contribution in [0, 0.1) is 10.1 Å². The molecule has 0 unspecified atom stereocenters. The van der Waals surface area contributed by atoms with Gasteiger partial charge in [0.2, 0.25) is 10.0 Å². The molecule has 0 radical (unpaired) electrons. The van der Waals surface area contributed by atoms with Crippen molar-refractivity contribution in [2.24, 2.45) is 0 Å². The highest BCUT2D eigenvalue weighted by Crippen LogP contribution is 2.18. The molecule has 1 aliphatic heterocycles. The molecule has 1 aliphatic rings. The summed E-state index contributed by atoms with van der Waals surface area (Å²) in [5.41, 5.74) is 1.66. The Bertz CT molecular complexity index is 911. The van der Waals surface area contributed by atoms with Gasteiger partial charge in [-0.3, -0.25) is 15.0 Å². The zero-order chi connectivity index (χ0) is 19.3. The Labute approximate surface area is 158 Å². The summed E-state index contributed by atoms with van der Waals surface area (Å²) in [7, 11) is -3.85. The van der Waals surface area contributed by atoms with Crippen LogP contribution in [0.2, 0.25) is 0 Å². The highest BCUT2D eigenvalue weighted by Gasteiger charge is 2.18. The molecule has 1 heterocycles. The van der Waals surface area contributed by atoms with E-state index >= 15 is 0 Å². The van der Waals surface area contributed by atoms with E-state index in [4.69, 9.17) is 4.74 Å². The molecule has 0 atom stereocenters. The Balaban J connectivity index is 1.72. The van der Waals surface area contributed by atoms with Gasteiger partial charge in [-0.25, -0.2) is 13.1 Å². The fourth-order valence-corrected chi connectivity index (χ4v) is 3.95. The van der Waals surface area contributed by atoms with Crippen LogP contribution in [-0.4, -0.2) is 44.5 Å². The summed E-state index contributed by atoms with van der Waals surface area (Å²) in [6.07, 6.45) is 0. The summed E-state index contributed by atoms with van der Waals surface area (Å²) in [6, 6.07) is 12.7. The summed E-state index contributed by atoms with van der Waals surface area (Å²) >= 11 is 0. The Morgan fingerprint density at radius 1 is 1.07 bits per heavy atom. The number of sulfonamides is 1. The molecule has 9 heteroatoms. The van der Waals surface area contributed by atoms with Gasteiger partial charge in [-0.05, 0) is 17.2 Å². The lowest BCUT2D eigenvalue weighted by atomic mass is 10.1. The first-order chi connectivity index (χ1) is 13.0. The second-order valence-corrected chi connectivity index (χ2v) is 8.00. The fraction of sp³-hybridized carbons (Fsp3) is 0.333. The minimum absolute atomic E-state index is 0.117. The SMILES string of the molecule is O=[N+]([O-])c1cccc(S(=O)(=O)NCc2ccccc2CN2CCOCC2)c1. The van der Waals surface area contributed by atoms with E-state index in [2.05, 4.69) is 9.62 Å². The number of hydrogen-bond acceptors (Lipinski definition) is 6. The van der Waals surface area contributed by atoms with Crippen LogP contribution in [0.3, 0.4) is 0 Å². The van der Waals surface area contributed by atoms with E-state index in [9.17, 15) is 18.5 Å². The average molecular weight is 391 g/mol. The number of nitro benzene ring substituents is 1. The van der Waals surface area contributed by atoms with Crippen LogP contribution in [0.4, 0.5) is 5.69 Å². The van der Waals surface area contributed by atoms with Gasteiger partial charge in [0.25, 0.3) is 5.69 Å². The number of nitrogens with zero attached hydrogens (tertiary/aromatic N) is 2. The lowest BCUT2D eigenvalue weighted by Gasteiger charge is -2.27. The van der Waals surface area contributed by atoms with Crippen molar-refractivity contribution in [2.75, 3.05) is 26.3 Å². The monoisotopic (exact) mass is 391 g/mol. The van der Waals surface area contributed by atoms with Crippen LogP contribution >= 0.6 is 0 Å². The van der Waals surface area contributed by atoms with Gasteiger partial charge in [-0.15, -0.1) is 0 Å². The van der Waals surface area contributed by atoms with Gasteiger partial charge in [0.15, 0.2) is 0 Å². The van der Waals surface area contributed by atoms with E-state index in [0.717, 1.165) is 36.8 Å². The summed E-state index contributed by atoms with van der Waals surface area (Å²) < 4.78 is 32.9. The van der Waals surface area contributed by atoms with Gasteiger partial charge in [0, 0.05) is 38.3 Å². The number of rotatable bonds is 7. The zero-order valence-corrected chi connectivity index (χ0v) is 15.5. The van der Waals surface area contributed by atoms with Crippen molar-refractivity contribution in [3.8, 4) is 0 Å². The third-order valence-electron chi connectivity index (χ3n) is 4.41. The Hall–Kier alpha value is -2.33. The predicted octanol–water partition coefficient (Wildman–Crippen LogP) is 1.91. The van der Waals surface area contributed by atoms with Gasteiger partial charge in [-0.1, -0.05) is 30.3 Å². The fourth-order valence-electron chi connectivity index (χ4n) is 2.90. The van der Waals surface area contributed by atoms with E-state index in [1.165, 1.54) is 18.2 Å². The normalized spacial score (nSPS) is 15.6. The molecule has 2 aromatic carbocycles. The van der Waals surface area contributed by atoms with Gasteiger partial charge in [0.05, 0.1) is 23.0 Å². The van der Waals surface area contributed by atoms with Gasteiger partial charge in [-0.2, -0.15) is 0 Å². The number of nitro groups is 1. The van der Waals surface area contributed by atoms with Crippen molar-refractivity contribution in [1.29, 1.82) is 0 Å². The topological polar surface area (TPSA) is 102 Å². The van der Waals surface area contributed by atoms with Crippen LogP contribution < -0.4 is 4.72 Å². The first-order valence-corrected chi connectivity index (χ1v) is 10.0. The summed E-state index contributed by atoms with van der Waals surface area (Å²) in [5, 5.41) is 10.9. The van der Waals surface area contributed by atoms with Crippen molar-refractivity contribution in [3.63, 3.8) is 0 Å². The van der Waals surface area contributed by atoms with Crippen LogP contribution in [-0.2, 0) is 27.8 Å². The molecular weight excluding hydrogens is 370 g/mol. The standard InChI is InChI=1S/C18H21N3O5S/c22-21(23)17-6-3-7-18(12-17)27(24,25)19-13-15-4-1-2-5-16(15)14-20-8-10-26-11-9-20/h1-7,12,19H,8-11,13-14H2. The van der Waals surface area contributed by atoms with E-state index in [1.54, 1.807) is 0 Å². The summed E-state index contributed by atoms with van der Waals surface area (Å²) in [4.78, 5) is 12.4. The van der Waals surface area contributed by atoms with Crippen molar-refractivity contribution >= 4 is 15.7 Å². The highest BCUT2D eigenvalue weighted by molar-refractivity contribution is 7.89. The number of nitrogens with one attached hydrogen (secondary N) is 1. The molecule has 0 amide bonds. The van der Waals surface area contributed by atoms with Crippen molar-refractivity contribution < 1.29 is 18.1 Å². The van der Waals surface area contributed by atoms with E-state index in [1.807, 2.05) is 24.3 Å². The van der Waals surface area contributed by atoms with Crippen molar-refractivity contribution in [1.82, 2.24) is 9.62 Å². The Morgan fingerprint density at radius 2 is 1.78 bits per heavy atom. The predicted molar refractivity (Wildman–Crippen MR) is 99.7 cm³/mol. The van der Waals surface area contributed by atoms with E-state index in [0.29, 0.717) is 13.2 Å². The first kappa shape index (κ1) is 19.4. The highest BCUT2D eigenvalue weighted by atomic mass is 32.2. The smallest absolute Gasteiger partial charge is 0.270 e. The van der Waals surface area contributed by atoms with Crippen LogP contribution in [0.15, 0.2) is 53.4 Å². The first-order valence-electron chi connectivity index (χ1n) is 8.57. The lowest BCUT2D eigenvalue weighted by molar-refractivity contribution is -0.385. The van der Waals surface area contributed by atoms with E-state index in [-0.39, 0.29) is 17.1 Å². The molecule has 144 valence electrons. The Morgan fingerprint density at radius 3 is 2.48 bits per heavy atom. The summed E-state index contributed by atoms with van der Waals surface area (Å²) in [6.45, 7) is 3.91. The van der Waals surface area contributed by atoms with Gasteiger partial charge in [0.1, 0.15) is 0 Å². The second kappa shape index (κ2) is 8.57. The van der Waals surface area contributed by atoms with Crippen LogP contribution in [0.5, 0.6) is 0 Å². The third-order valence-corrected chi connectivity index (χ3v) is 5.81. The van der Waals surface area contributed by atoms with Gasteiger partial charge >= 0.3 is 0 Å². The molecule has 0 aromatic heterocycles. The molecule has 0 aliphatic carbocycles. The molecule has 1 N–H and O–H groups in total. The van der Waals surface area contributed by atoms with Crippen LogP contribution in [0.1, 0.15) is 11.1 Å². The maximum atomic E-state index is 12.5. The number of benzene rings is 2. The molecule has 3 rings (SSSR count). The molecular formula is C18H21N3O5S. The molecule has 0 bridgehead atoms. The average Bonchev–Trinajstić information content (AvgIpc) is 2.68. The van der Waals surface area contributed by atoms with E-state index < -0.39 is 14.9 Å². The zero-order valence-electron chi connectivity index (χ0n) is 14.7. The summed E-state index contributed by atoms with van der Waals surface area (Å²) in [5.74, 6) is 0. The molecule has 1 fully saturated rings. The number of non-ortho nitro benzene ring substituents is 1. The molecule has 1 saturated heterocycles. The molecule has 0 saturated carbocycles. The molecule has 2 aromatic rings. The molecule has 27 heavy (non-hydrogen) atoms. The largest absolute Gasteiger partial charge is 0.379 e. The van der Waals surface area contributed by atoms with Crippen molar-refractivity contribution in [3.05, 3.63) is 69.8 Å². The number of hydrogen-bond donors (Lipinski definition) is 1. The molecule has 8 nitrogen and oxygen atoms in total. The third kappa shape index (κ3) is 5.10. The molecule has 0 spiro atoms. The minimum atomic E-state index is -3.85. The maximum Gasteiger partial charge on any atom is 0.270 e. The van der Waals surface area contributed by atoms with Crippen molar-refractivity contribution in [2.45, 2.75) is 18.0 Å². The number of ether oxygens (including phenoxy) is 1.